The summed E-state index contributed by atoms with van der Waals surface area (Å²) in [6, 6.07) is 9.95. The van der Waals surface area contributed by atoms with Gasteiger partial charge in [0.1, 0.15) is 16.4 Å². The zero-order chi connectivity index (χ0) is 18.2. The van der Waals surface area contributed by atoms with Crippen LogP contribution in [0.3, 0.4) is 0 Å². The Kier molecular flexibility index (Phi) is 3.88. The van der Waals surface area contributed by atoms with E-state index in [9.17, 15) is 21.6 Å². The number of ether oxygens (including phenoxy) is 1. The third-order valence-corrected chi connectivity index (χ3v) is 4.85. The molecular weight excluding hydrogens is 359 g/mol. The molecule has 0 aliphatic heterocycles. The molecule has 0 spiro atoms. The molecule has 25 heavy (non-hydrogen) atoms. The van der Waals surface area contributed by atoms with Crippen molar-refractivity contribution in [2.75, 3.05) is 0 Å². The van der Waals surface area contributed by atoms with Crippen molar-refractivity contribution >= 4 is 20.7 Å². The van der Waals surface area contributed by atoms with E-state index in [0.717, 1.165) is 18.3 Å². The van der Waals surface area contributed by atoms with E-state index in [-0.39, 0.29) is 22.4 Å². The van der Waals surface area contributed by atoms with Crippen LogP contribution < -0.4 is 4.74 Å². The van der Waals surface area contributed by atoms with E-state index in [1.165, 1.54) is 6.07 Å². The fraction of sp³-hybridized carbons (Fsp3) is 0.0667. The predicted molar refractivity (Wildman–Crippen MR) is 80.6 cm³/mol. The number of nitriles is 1. The minimum Gasteiger partial charge on any atom is -0.457 e. The van der Waals surface area contributed by atoms with E-state index < -0.39 is 20.2 Å². The van der Waals surface area contributed by atoms with Gasteiger partial charge in [0, 0.05) is 0 Å². The van der Waals surface area contributed by atoms with Gasteiger partial charge >= 0.3 is 5.51 Å². The fourth-order valence-electron chi connectivity index (χ4n) is 2.18. The fourth-order valence-corrected chi connectivity index (χ4v) is 3.10. The molecule has 0 saturated carbocycles. The van der Waals surface area contributed by atoms with Crippen molar-refractivity contribution in [1.29, 1.82) is 5.26 Å². The van der Waals surface area contributed by atoms with E-state index in [0.29, 0.717) is 5.56 Å². The van der Waals surface area contributed by atoms with Gasteiger partial charge in [-0.25, -0.2) is 8.42 Å². The summed E-state index contributed by atoms with van der Waals surface area (Å²) >= 11 is 0. The van der Waals surface area contributed by atoms with Crippen LogP contribution in [0, 0.1) is 11.3 Å². The number of nitrogens with zero attached hydrogens (tertiary/aromatic N) is 2. The van der Waals surface area contributed by atoms with Crippen molar-refractivity contribution in [3.63, 3.8) is 0 Å². The summed E-state index contributed by atoms with van der Waals surface area (Å²) in [5, 5.41) is 14.8. The van der Waals surface area contributed by atoms with Crippen LogP contribution in [-0.2, 0) is 9.84 Å². The average Bonchev–Trinajstić information content (AvgIpc) is 3.04. The Bertz CT molecular complexity index is 1100. The van der Waals surface area contributed by atoms with Gasteiger partial charge < -0.3 is 4.74 Å². The second kappa shape index (κ2) is 5.78. The van der Waals surface area contributed by atoms with Crippen LogP contribution in [0.15, 0.2) is 47.5 Å². The molecular formula is C15H8F3N3O3S. The molecule has 6 nitrogen and oxygen atoms in total. The Labute approximate surface area is 139 Å². The summed E-state index contributed by atoms with van der Waals surface area (Å²) in [7, 11) is -5.54. The Balaban J connectivity index is 2.11. The van der Waals surface area contributed by atoms with Crippen LogP contribution in [0.2, 0.25) is 0 Å². The maximum absolute atomic E-state index is 12.8. The van der Waals surface area contributed by atoms with E-state index in [2.05, 4.69) is 10.2 Å². The molecule has 1 N–H and O–H groups in total. The molecule has 0 amide bonds. The molecule has 0 bridgehead atoms. The van der Waals surface area contributed by atoms with Crippen molar-refractivity contribution in [2.24, 2.45) is 0 Å². The molecule has 128 valence electrons. The highest BCUT2D eigenvalue weighted by Gasteiger charge is 2.48. The summed E-state index contributed by atoms with van der Waals surface area (Å²) < 4.78 is 67.3. The van der Waals surface area contributed by atoms with Gasteiger partial charge in [-0.15, -0.1) is 0 Å². The minimum atomic E-state index is -5.54. The van der Waals surface area contributed by atoms with Crippen LogP contribution in [0.1, 0.15) is 5.56 Å². The molecule has 3 rings (SSSR count). The molecule has 0 unspecified atom stereocenters. The standard InChI is InChI=1S/C15H8F3N3O3S/c16-15(17,18)25(22,23)13-5-4-12(11-8-20-21-14(11)13)24-10-3-1-2-9(6-10)7-19/h1-6,8H,(H,20,21). The quantitative estimate of drug-likeness (QED) is 0.764. The molecule has 10 heteroatoms. The first-order valence-corrected chi connectivity index (χ1v) is 8.18. The highest BCUT2D eigenvalue weighted by atomic mass is 32.2. The number of halogens is 3. The monoisotopic (exact) mass is 367 g/mol. The highest BCUT2D eigenvalue weighted by Crippen LogP contribution is 2.37. The van der Waals surface area contributed by atoms with E-state index in [1.807, 2.05) is 6.07 Å². The van der Waals surface area contributed by atoms with Gasteiger partial charge in [-0.1, -0.05) is 6.07 Å². The lowest BCUT2D eigenvalue weighted by atomic mass is 10.2. The summed E-state index contributed by atoms with van der Waals surface area (Å²) in [5.41, 5.74) is -5.42. The number of fused-ring (bicyclic) bond motifs is 1. The molecule has 1 heterocycles. The molecule has 0 aliphatic carbocycles. The van der Waals surface area contributed by atoms with Gasteiger partial charge in [-0.2, -0.15) is 23.5 Å². The van der Waals surface area contributed by atoms with E-state index in [1.54, 1.807) is 18.2 Å². The number of H-pyrrole nitrogens is 1. The third kappa shape index (κ3) is 2.89. The largest absolute Gasteiger partial charge is 0.501 e. The summed E-state index contributed by atoms with van der Waals surface area (Å²) in [5.74, 6) is 0.368. The zero-order valence-corrected chi connectivity index (χ0v) is 13.0. The Morgan fingerprint density at radius 2 is 1.96 bits per heavy atom. The number of benzene rings is 2. The maximum Gasteiger partial charge on any atom is 0.501 e. The normalized spacial score (nSPS) is 12.1. The topological polar surface area (TPSA) is 95.8 Å². The smallest absolute Gasteiger partial charge is 0.457 e. The number of aromatic amines is 1. The first-order chi connectivity index (χ1) is 11.7. The van der Waals surface area contributed by atoms with Crippen LogP contribution in [0.5, 0.6) is 11.5 Å². The number of hydrogen-bond donors (Lipinski definition) is 1. The van der Waals surface area contributed by atoms with Gasteiger partial charge in [0.2, 0.25) is 0 Å². The van der Waals surface area contributed by atoms with Crippen molar-refractivity contribution in [3.05, 3.63) is 48.2 Å². The minimum absolute atomic E-state index is 0.0627. The maximum atomic E-state index is 12.8. The number of alkyl halides is 3. The molecule has 2 aromatic carbocycles. The lowest BCUT2D eigenvalue weighted by molar-refractivity contribution is -0.0435. The second-order valence-electron chi connectivity index (χ2n) is 4.91. The first-order valence-electron chi connectivity index (χ1n) is 6.69. The average molecular weight is 367 g/mol. The lowest BCUT2D eigenvalue weighted by Crippen LogP contribution is -2.23. The van der Waals surface area contributed by atoms with Crippen molar-refractivity contribution in [2.45, 2.75) is 10.4 Å². The molecule has 0 radical (unpaired) electrons. The predicted octanol–water partition coefficient (Wildman–Crippen LogP) is 3.52. The Morgan fingerprint density at radius 1 is 1.20 bits per heavy atom. The van der Waals surface area contributed by atoms with E-state index in [4.69, 9.17) is 10.00 Å². The first kappa shape index (κ1) is 16.8. The van der Waals surface area contributed by atoms with Gasteiger partial charge in [-0.3, -0.25) is 5.10 Å². The van der Waals surface area contributed by atoms with Crippen molar-refractivity contribution < 1.29 is 26.3 Å². The zero-order valence-electron chi connectivity index (χ0n) is 12.2. The highest BCUT2D eigenvalue weighted by molar-refractivity contribution is 7.92. The Hall–Kier alpha value is -3.06. The molecule has 0 atom stereocenters. The third-order valence-electron chi connectivity index (χ3n) is 3.32. The van der Waals surface area contributed by atoms with Crippen LogP contribution in [-0.4, -0.2) is 24.1 Å². The molecule has 0 aliphatic rings. The molecule has 3 aromatic rings. The SMILES string of the molecule is N#Cc1cccc(Oc2ccc(S(=O)(=O)C(F)(F)F)c3[nH]ncc23)c1. The van der Waals surface area contributed by atoms with Crippen LogP contribution in [0.4, 0.5) is 13.2 Å². The number of nitrogens with one attached hydrogen (secondary N) is 1. The molecule has 0 saturated heterocycles. The number of aromatic nitrogens is 2. The summed E-state index contributed by atoms with van der Waals surface area (Å²) in [4.78, 5) is -0.939. The van der Waals surface area contributed by atoms with Crippen molar-refractivity contribution in [1.82, 2.24) is 10.2 Å². The molecule has 1 aromatic heterocycles. The molecule has 0 fully saturated rings. The van der Waals surface area contributed by atoms with Gasteiger partial charge in [0.05, 0.1) is 28.7 Å². The number of sulfone groups is 1. The lowest BCUT2D eigenvalue weighted by Gasteiger charge is -2.11. The number of hydrogen-bond acceptors (Lipinski definition) is 5. The van der Waals surface area contributed by atoms with Gasteiger partial charge in [0.25, 0.3) is 9.84 Å². The van der Waals surface area contributed by atoms with Crippen molar-refractivity contribution in [3.8, 4) is 17.6 Å². The summed E-state index contributed by atoms with van der Waals surface area (Å²) in [6.07, 6.45) is 1.16. The Morgan fingerprint density at radius 3 is 2.64 bits per heavy atom. The van der Waals surface area contributed by atoms with E-state index >= 15 is 0 Å². The second-order valence-corrected chi connectivity index (χ2v) is 6.82. The van der Waals surface area contributed by atoms with Gasteiger partial charge in [0.15, 0.2) is 0 Å². The summed E-state index contributed by atoms with van der Waals surface area (Å²) in [6.45, 7) is 0. The van der Waals surface area contributed by atoms with Crippen LogP contribution >= 0.6 is 0 Å². The van der Waals surface area contributed by atoms with Crippen LogP contribution in [0.25, 0.3) is 10.9 Å². The number of rotatable bonds is 3. The van der Waals surface area contributed by atoms with Gasteiger partial charge in [-0.05, 0) is 30.3 Å².